The van der Waals surface area contributed by atoms with Gasteiger partial charge in [-0.2, -0.15) is 5.26 Å². The molecule has 0 bridgehead atoms. The second-order valence-electron chi connectivity index (χ2n) is 4.84. The van der Waals surface area contributed by atoms with Crippen LogP contribution in [0.4, 0.5) is 0 Å². The van der Waals surface area contributed by atoms with Crippen LogP contribution in [-0.4, -0.2) is 0 Å². The highest BCUT2D eigenvalue weighted by Crippen LogP contribution is 2.40. The SMILES string of the molecule is CC(C)C(CC#N)C1CCCC1C. The molecule has 0 N–H and O–H groups in total. The van der Waals surface area contributed by atoms with Crippen LogP contribution in [0.5, 0.6) is 0 Å². The first-order valence-corrected chi connectivity index (χ1v) is 5.53. The molecule has 1 fully saturated rings. The van der Waals surface area contributed by atoms with E-state index in [4.69, 9.17) is 5.26 Å². The maximum absolute atomic E-state index is 8.78. The van der Waals surface area contributed by atoms with Gasteiger partial charge in [-0.15, -0.1) is 0 Å². The van der Waals surface area contributed by atoms with Crippen LogP contribution in [-0.2, 0) is 0 Å². The Labute approximate surface area is 82.1 Å². The Hall–Kier alpha value is -0.510. The summed E-state index contributed by atoms with van der Waals surface area (Å²) in [5.74, 6) is 2.98. The minimum Gasteiger partial charge on any atom is -0.198 e. The number of hydrogen-bond donors (Lipinski definition) is 0. The molecule has 1 nitrogen and oxygen atoms in total. The molecule has 1 rings (SSSR count). The smallest absolute Gasteiger partial charge is 0.0624 e. The van der Waals surface area contributed by atoms with E-state index in [1.165, 1.54) is 19.3 Å². The second-order valence-corrected chi connectivity index (χ2v) is 4.84. The fourth-order valence-electron chi connectivity index (χ4n) is 2.80. The molecule has 0 aromatic rings. The first-order valence-electron chi connectivity index (χ1n) is 5.53. The molecular formula is C12H21N. The van der Waals surface area contributed by atoms with E-state index in [1.807, 2.05) is 0 Å². The minimum absolute atomic E-state index is 0.641. The first-order chi connectivity index (χ1) is 6.16. The standard InChI is InChI=1S/C12H21N/c1-9(2)11(7-8-13)12-6-4-5-10(12)3/h9-12H,4-7H2,1-3H3. The molecule has 1 aliphatic carbocycles. The Morgan fingerprint density at radius 3 is 2.46 bits per heavy atom. The molecule has 0 aromatic heterocycles. The summed E-state index contributed by atoms with van der Waals surface area (Å²) in [6.07, 6.45) is 4.86. The molecule has 0 aliphatic heterocycles. The van der Waals surface area contributed by atoms with E-state index in [2.05, 4.69) is 26.8 Å². The van der Waals surface area contributed by atoms with E-state index in [0.717, 1.165) is 18.3 Å². The maximum atomic E-state index is 8.78. The molecule has 1 saturated carbocycles. The van der Waals surface area contributed by atoms with Crippen molar-refractivity contribution in [1.82, 2.24) is 0 Å². The third kappa shape index (κ3) is 2.46. The predicted octanol–water partition coefficient (Wildman–Crippen LogP) is 3.61. The van der Waals surface area contributed by atoms with Crippen LogP contribution in [0, 0.1) is 35.0 Å². The number of nitrogens with zero attached hydrogens (tertiary/aromatic N) is 1. The van der Waals surface area contributed by atoms with Gasteiger partial charge in [0.25, 0.3) is 0 Å². The maximum Gasteiger partial charge on any atom is 0.0624 e. The monoisotopic (exact) mass is 179 g/mol. The molecule has 3 atom stereocenters. The van der Waals surface area contributed by atoms with Crippen molar-refractivity contribution >= 4 is 0 Å². The quantitative estimate of drug-likeness (QED) is 0.649. The van der Waals surface area contributed by atoms with Crippen molar-refractivity contribution in [1.29, 1.82) is 5.26 Å². The molecule has 13 heavy (non-hydrogen) atoms. The van der Waals surface area contributed by atoms with Gasteiger partial charge < -0.3 is 0 Å². The largest absolute Gasteiger partial charge is 0.198 e. The van der Waals surface area contributed by atoms with Crippen molar-refractivity contribution in [3.63, 3.8) is 0 Å². The summed E-state index contributed by atoms with van der Waals surface area (Å²) in [6, 6.07) is 2.35. The summed E-state index contributed by atoms with van der Waals surface area (Å²) in [5, 5.41) is 8.78. The van der Waals surface area contributed by atoms with Crippen LogP contribution in [0.2, 0.25) is 0 Å². The van der Waals surface area contributed by atoms with Gasteiger partial charge in [0.05, 0.1) is 6.07 Å². The first kappa shape index (κ1) is 10.6. The predicted molar refractivity (Wildman–Crippen MR) is 55.1 cm³/mol. The van der Waals surface area contributed by atoms with E-state index in [-0.39, 0.29) is 0 Å². The van der Waals surface area contributed by atoms with Gasteiger partial charge in [-0.1, -0.05) is 33.6 Å². The van der Waals surface area contributed by atoms with E-state index in [1.54, 1.807) is 0 Å². The van der Waals surface area contributed by atoms with Gasteiger partial charge in [0, 0.05) is 6.42 Å². The Kier molecular flexibility index (Phi) is 3.78. The summed E-state index contributed by atoms with van der Waals surface area (Å²) in [5.41, 5.74) is 0. The average Bonchev–Trinajstić information content (AvgIpc) is 2.47. The highest BCUT2D eigenvalue weighted by atomic mass is 14.4. The topological polar surface area (TPSA) is 23.8 Å². The van der Waals surface area contributed by atoms with Gasteiger partial charge in [-0.25, -0.2) is 0 Å². The summed E-state index contributed by atoms with van der Waals surface area (Å²) < 4.78 is 0. The molecule has 0 spiro atoms. The highest BCUT2D eigenvalue weighted by molar-refractivity contribution is 4.87. The molecule has 3 unspecified atom stereocenters. The van der Waals surface area contributed by atoms with E-state index in [9.17, 15) is 0 Å². The number of rotatable bonds is 3. The van der Waals surface area contributed by atoms with Gasteiger partial charge in [0.1, 0.15) is 0 Å². The van der Waals surface area contributed by atoms with Crippen LogP contribution >= 0.6 is 0 Å². The fraction of sp³-hybridized carbons (Fsp3) is 0.917. The molecule has 1 heteroatoms. The molecular weight excluding hydrogens is 158 g/mol. The normalized spacial score (nSPS) is 30.4. The summed E-state index contributed by atoms with van der Waals surface area (Å²) in [7, 11) is 0. The van der Waals surface area contributed by atoms with Crippen LogP contribution < -0.4 is 0 Å². The molecule has 74 valence electrons. The van der Waals surface area contributed by atoms with Crippen molar-refractivity contribution in [3.8, 4) is 6.07 Å². The van der Waals surface area contributed by atoms with Crippen molar-refractivity contribution in [2.75, 3.05) is 0 Å². The summed E-state index contributed by atoms with van der Waals surface area (Å²) in [4.78, 5) is 0. The minimum atomic E-state index is 0.641. The van der Waals surface area contributed by atoms with Gasteiger partial charge >= 0.3 is 0 Å². The second kappa shape index (κ2) is 4.65. The van der Waals surface area contributed by atoms with Gasteiger partial charge in [0.2, 0.25) is 0 Å². The van der Waals surface area contributed by atoms with Crippen LogP contribution in [0.25, 0.3) is 0 Å². The lowest BCUT2D eigenvalue weighted by molar-refractivity contribution is 0.216. The third-order valence-electron chi connectivity index (χ3n) is 3.66. The summed E-state index contributed by atoms with van der Waals surface area (Å²) in [6.45, 7) is 6.87. The van der Waals surface area contributed by atoms with Gasteiger partial charge in [0.15, 0.2) is 0 Å². The fourth-order valence-corrected chi connectivity index (χ4v) is 2.80. The van der Waals surface area contributed by atoms with Crippen LogP contribution in [0.1, 0.15) is 46.5 Å². The zero-order valence-electron chi connectivity index (χ0n) is 9.09. The van der Waals surface area contributed by atoms with E-state index in [0.29, 0.717) is 11.8 Å². The molecule has 0 amide bonds. The van der Waals surface area contributed by atoms with Crippen molar-refractivity contribution in [2.24, 2.45) is 23.7 Å². The van der Waals surface area contributed by atoms with Crippen LogP contribution in [0.15, 0.2) is 0 Å². The zero-order valence-corrected chi connectivity index (χ0v) is 9.09. The van der Waals surface area contributed by atoms with Crippen LogP contribution in [0.3, 0.4) is 0 Å². The highest BCUT2D eigenvalue weighted by Gasteiger charge is 2.32. The van der Waals surface area contributed by atoms with Crippen molar-refractivity contribution < 1.29 is 0 Å². The molecule has 0 heterocycles. The number of hydrogen-bond acceptors (Lipinski definition) is 1. The Morgan fingerprint density at radius 2 is 2.08 bits per heavy atom. The Morgan fingerprint density at radius 1 is 1.38 bits per heavy atom. The molecule has 1 aliphatic rings. The number of nitriles is 1. The lowest BCUT2D eigenvalue weighted by Gasteiger charge is -2.28. The van der Waals surface area contributed by atoms with Gasteiger partial charge in [-0.05, 0) is 30.1 Å². The van der Waals surface area contributed by atoms with E-state index < -0.39 is 0 Å². The lowest BCUT2D eigenvalue weighted by Crippen LogP contribution is -2.21. The molecule has 0 aromatic carbocycles. The average molecular weight is 179 g/mol. The molecule has 0 saturated heterocycles. The van der Waals surface area contributed by atoms with Gasteiger partial charge in [-0.3, -0.25) is 0 Å². The molecule has 0 radical (unpaired) electrons. The van der Waals surface area contributed by atoms with Crippen molar-refractivity contribution in [3.05, 3.63) is 0 Å². The summed E-state index contributed by atoms with van der Waals surface area (Å²) >= 11 is 0. The zero-order chi connectivity index (χ0) is 9.84. The Balaban J connectivity index is 2.59. The lowest BCUT2D eigenvalue weighted by atomic mass is 9.77. The third-order valence-corrected chi connectivity index (χ3v) is 3.66. The van der Waals surface area contributed by atoms with Crippen molar-refractivity contribution in [2.45, 2.75) is 46.5 Å². The van der Waals surface area contributed by atoms with E-state index >= 15 is 0 Å². The Bertz CT molecular complexity index is 190.